The van der Waals surface area contributed by atoms with Crippen LogP contribution in [0.4, 0.5) is 20.3 Å². The van der Waals surface area contributed by atoms with E-state index in [0.29, 0.717) is 5.69 Å². The number of aromatic amines is 1. The summed E-state index contributed by atoms with van der Waals surface area (Å²) in [5.41, 5.74) is 0.899. The molecule has 3 aromatic rings. The lowest BCUT2D eigenvalue weighted by Gasteiger charge is -2.04. The molecule has 3 rings (SSSR count). The minimum absolute atomic E-state index is 0.0529. The van der Waals surface area contributed by atoms with Gasteiger partial charge in [-0.25, -0.2) is 8.78 Å². The number of nitriles is 1. The van der Waals surface area contributed by atoms with Gasteiger partial charge >= 0.3 is 0 Å². The minimum atomic E-state index is -0.750. The molecule has 0 radical (unpaired) electrons. The molecule has 2 aromatic heterocycles. The number of rotatable bonds is 3. The van der Waals surface area contributed by atoms with Gasteiger partial charge in [0.2, 0.25) is 0 Å². The van der Waals surface area contributed by atoms with E-state index in [1.807, 2.05) is 23.6 Å². The Morgan fingerprint density at radius 2 is 2.14 bits per heavy atom. The lowest BCUT2D eigenvalue weighted by molar-refractivity contribution is 0.586. The van der Waals surface area contributed by atoms with Crippen molar-refractivity contribution in [3.8, 4) is 16.6 Å². The highest BCUT2D eigenvalue weighted by Gasteiger charge is 2.16. The number of halogens is 2. The summed E-state index contributed by atoms with van der Waals surface area (Å²) in [5.74, 6) is -1.22. The number of hydrogen-bond donors (Lipinski definition) is 2. The van der Waals surface area contributed by atoms with Gasteiger partial charge in [-0.2, -0.15) is 10.4 Å². The van der Waals surface area contributed by atoms with E-state index in [4.69, 9.17) is 0 Å². The summed E-state index contributed by atoms with van der Waals surface area (Å²) in [5, 5.41) is 20.6. The molecule has 0 saturated heterocycles. The monoisotopic (exact) mass is 302 g/mol. The summed E-state index contributed by atoms with van der Waals surface area (Å²) in [7, 11) is 0. The quantitative estimate of drug-likeness (QED) is 0.767. The second-order valence-corrected chi connectivity index (χ2v) is 5.11. The molecule has 0 aliphatic rings. The van der Waals surface area contributed by atoms with Gasteiger partial charge in [0.05, 0.1) is 16.3 Å². The number of thiophene rings is 1. The third-order valence-electron chi connectivity index (χ3n) is 2.83. The van der Waals surface area contributed by atoms with Crippen LogP contribution in [0.15, 0.2) is 35.7 Å². The maximum absolute atomic E-state index is 13.6. The Labute approximate surface area is 122 Å². The number of H-pyrrole nitrogens is 1. The van der Waals surface area contributed by atoms with Crippen LogP contribution in [-0.2, 0) is 0 Å². The molecule has 0 unspecified atom stereocenters. The fraction of sp³-hybridized carbons (Fsp3) is 0. The van der Waals surface area contributed by atoms with Crippen LogP contribution in [-0.4, -0.2) is 10.2 Å². The molecular formula is C14H8F2N4S. The van der Waals surface area contributed by atoms with Gasteiger partial charge in [0.25, 0.3) is 0 Å². The average Bonchev–Trinajstić information content (AvgIpc) is 3.10. The van der Waals surface area contributed by atoms with E-state index in [1.54, 1.807) is 0 Å². The maximum Gasteiger partial charge on any atom is 0.170 e. The average molecular weight is 302 g/mol. The van der Waals surface area contributed by atoms with Crippen molar-refractivity contribution < 1.29 is 8.78 Å². The number of anilines is 2. The van der Waals surface area contributed by atoms with Crippen LogP contribution in [0.2, 0.25) is 0 Å². The first kappa shape index (κ1) is 13.3. The number of nitrogens with zero attached hydrogens (tertiary/aromatic N) is 2. The summed E-state index contributed by atoms with van der Waals surface area (Å²) < 4.78 is 26.5. The van der Waals surface area contributed by atoms with Crippen LogP contribution >= 0.6 is 11.3 Å². The minimum Gasteiger partial charge on any atom is -0.335 e. The van der Waals surface area contributed by atoms with E-state index in [1.165, 1.54) is 17.4 Å². The van der Waals surface area contributed by atoms with Gasteiger partial charge in [0.1, 0.15) is 23.3 Å². The van der Waals surface area contributed by atoms with E-state index >= 15 is 0 Å². The fourth-order valence-corrected chi connectivity index (χ4v) is 2.59. The molecule has 0 aliphatic carbocycles. The third-order valence-corrected chi connectivity index (χ3v) is 3.72. The molecule has 0 saturated carbocycles. The SMILES string of the molecule is N#Cc1c(Nc2ccc(F)cc2F)n[nH]c1-c1cccs1. The summed E-state index contributed by atoms with van der Waals surface area (Å²) in [6.45, 7) is 0. The molecule has 0 spiro atoms. The molecule has 21 heavy (non-hydrogen) atoms. The molecule has 4 nitrogen and oxygen atoms in total. The molecule has 0 aliphatic heterocycles. The fourth-order valence-electron chi connectivity index (χ4n) is 1.86. The van der Waals surface area contributed by atoms with Crippen molar-refractivity contribution in [1.29, 1.82) is 5.26 Å². The summed E-state index contributed by atoms with van der Waals surface area (Å²) in [6.07, 6.45) is 0. The molecule has 0 bridgehead atoms. The largest absolute Gasteiger partial charge is 0.335 e. The Morgan fingerprint density at radius 3 is 2.81 bits per heavy atom. The summed E-state index contributed by atoms with van der Waals surface area (Å²) in [6, 6.07) is 8.89. The van der Waals surface area contributed by atoms with Crippen molar-refractivity contribution in [1.82, 2.24) is 10.2 Å². The molecular weight excluding hydrogens is 294 g/mol. The predicted molar refractivity (Wildman–Crippen MR) is 76.3 cm³/mol. The summed E-state index contributed by atoms with van der Waals surface area (Å²) in [4.78, 5) is 0.853. The van der Waals surface area contributed by atoms with E-state index in [-0.39, 0.29) is 17.1 Å². The number of hydrogen-bond acceptors (Lipinski definition) is 4. The maximum atomic E-state index is 13.6. The van der Waals surface area contributed by atoms with Crippen LogP contribution in [0.3, 0.4) is 0 Å². The van der Waals surface area contributed by atoms with Crippen LogP contribution in [0.1, 0.15) is 5.56 Å². The zero-order valence-electron chi connectivity index (χ0n) is 10.5. The van der Waals surface area contributed by atoms with E-state index in [9.17, 15) is 14.0 Å². The zero-order valence-corrected chi connectivity index (χ0v) is 11.3. The summed E-state index contributed by atoms with van der Waals surface area (Å²) >= 11 is 1.46. The van der Waals surface area contributed by atoms with Gasteiger partial charge in [-0.3, -0.25) is 5.10 Å². The highest BCUT2D eigenvalue weighted by atomic mass is 32.1. The second kappa shape index (κ2) is 5.34. The Hall–Kier alpha value is -2.72. The van der Waals surface area contributed by atoms with Gasteiger partial charge in [0, 0.05) is 6.07 Å². The molecule has 1 aromatic carbocycles. The Balaban J connectivity index is 1.99. The molecule has 0 atom stereocenters. The topological polar surface area (TPSA) is 64.5 Å². The highest BCUT2D eigenvalue weighted by molar-refractivity contribution is 7.13. The first-order valence-electron chi connectivity index (χ1n) is 5.93. The molecule has 0 fully saturated rings. The lowest BCUT2D eigenvalue weighted by Crippen LogP contribution is -1.96. The highest BCUT2D eigenvalue weighted by Crippen LogP contribution is 2.31. The van der Waals surface area contributed by atoms with Crippen molar-refractivity contribution in [3.05, 3.63) is 52.9 Å². The van der Waals surface area contributed by atoms with Crippen LogP contribution in [0.5, 0.6) is 0 Å². The first-order chi connectivity index (χ1) is 10.2. The van der Waals surface area contributed by atoms with E-state index in [2.05, 4.69) is 15.5 Å². The number of aromatic nitrogens is 2. The Morgan fingerprint density at radius 1 is 1.29 bits per heavy atom. The van der Waals surface area contributed by atoms with Gasteiger partial charge in [-0.05, 0) is 23.6 Å². The third kappa shape index (κ3) is 2.49. The van der Waals surface area contributed by atoms with Crippen molar-refractivity contribution in [2.75, 3.05) is 5.32 Å². The lowest BCUT2D eigenvalue weighted by atomic mass is 10.2. The van der Waals surface area contributed by atoms with Crippen molar-refractivity contribution in [2.24, 2.45) is 0 Å². The second-order valence-electron chi connectivity index (χ2n) is 4.16. The van der Waals surface area contributed by atoms with E-state index < -0.39 is 11.6 Å². The first-order valence-corrected chi connectivity index (χ1v) is 6.81. The number of nitrogens with one attached hydrogen (secondary N) is 2. The molecule has 2 heterocycles. The molecule has 0 amide bonds. The predicted octanol–water partition coefficient (Wildman–Crippen LogP) is 4.03. The van der Waals surface area contributed by atoms with Crippen LogP contribution < -0.4 is 5.32 Å². The van der Waals surface area contributed by atoms with Crippen LogP contribution in [0.25, 0.3) is 10.6 Å². The molecule has 104 valence electrons. The van der Waals surface area contributed by atoms with Gasteiger partial charge in [-0.15, -0.1) is 11.3 Å². The Bertz CT molecular complexity index is 818. The molecule has 2 N–H and O–H groups in total. The van der Waals surface area contributed by atoms with E-state index in [0.717, 1.165) is 17.0 Å². The normalized spacial score (nSPS) is 10.3. The number of benzene rings is 1. The van der Waals surface area contributed by atoms with Crippen molar-refractivity contribution in [2.45, 2.75) is 0 Å². The van der Waals surface area contributed by atoms with Crippen molar-refractivity contribution in [3.63, 3.8) is 0 Å². The standard InChI is InChI=1S/C14H8F2N4S/c15-8-3-4-11(10(16)6-8)18-14-9(7-17)13(19-20-14)12-2-1-5-21-12/h1-6H,(H2,18,19,20). The molecule has 7 heteroatoms. The van der Waals surface area contributed by atoms with Gasteiger partial charge in [-0.1, -0.05) is 6.07 Å². The van der Waals surface area contributed by atoms with Gasteiger partial charge in [0.15, 0.2) is 5.82 Å². The Kier molecular flexibility index (Phi) is 3.38. The van der Waals surface area contributed by atoms with Crippen molar-refractivity contribution >= 4 is 22.8 Å². The van der Waals surface area contributed by atoms with Crippen LogP contribution in [0, 0.1) is 23.0 Å². The smallest absolute Gasteiger partial charge is 0.170 e. The zero-order chi connectivity index (χ0) is 14.8. The van der Waals surface area contributed by atoms with Gasteiger partial charge < -0.3 is 5.32 Å².